The molecule has 0 radical (unpaired) electrons. The van der Waals surface area contributed by atoms with Gasteiger partial charge in [-0.3, -0.25) is 0 Å². The van der Waals surface area contributed by atoms with Crippen molar-refractivity contribution in [2.24, 2.45) is 0 Å². The summed E-state index contributed by atoms with van der Waals surface area (Å²) < 4.78 is 0. The van der Waals surface area contributed by atoms with E-state index in [0.717, 1.165) is 59.5 Å². The number of nitrogens with one attached hydrogen (secondary N) is 1. The maximum atomic E-state index is 4.62. The smallest absolute Gasteiger partial charge is 0.139 e. The minimum atomic E-state index is 0.909. The van der Waals surface area contributed by atoms with Gasteiger partial charge in [0.05, 0.1) is 5.52 Å². The Morgan fingerprint density at radius 1 is 0.923 bits per heavy atom. The van der Waals surface area contributed by atoms with E-state index in [9.17, 15) is 0 Å². The summed E-state index contributed by atoms with van der Waals surface area (Å²) in [7, 11) is 2.17. The highest BCUT2D eigenvalue weighted by Crippen LogP contribution is 2.32. The van der Waals surface area contributed by atoms with E-state index in [0.29, 0.717) is 0 Å². The number of H-pyrrole nitrogens is 1. The van der Waals surface area contributed by atoms with Gasteiger partial charge in [0.1, 0.15) is 17.8 Å². The number of piperazine rings is 1. The van der Waals surface area contributed by atoms with Crippen LogP contribution in [0.25, 0.3) is 33.1 Å². The summed E-state index contributed by atoms with van der Waals surface area (Å²) in [5.74, 6) is 1.03. The number of anilines is 1. The first-order valence-electron chi connectivity index (χ1n) is 8.90. The van der Waals surface area contributed by atoms with E-state index < -0.39 is 0 Å². The van der Waals surface area contributed by atoms with E-state index in [4.69, 9.17) is 0 Å². The molecule has 1 fully saturated rings. The fourth-order valence-electron chi connectivity index (χ4n) is 3.69. The van der Waals surface area contributed by atoms with Crippen LogP contribution in [0.5, 0.6) is 0 Å². The van der Waals surface area contributed by atoms with Gasteiger partial charge in [0.15, 0.2) is 0 Å². The van der Waals surface area contributed by atoms with Crippen molar-refractivity contribution in [1.82, 2.24) is 24.8 Å². The average Bonchev–Trinajstić information content (AvgIpc) is 3.17. The molecule has 1 aromatic carbocycles. The monoisotopic (exact) mass is 344 g/mol. The van der Waals surface area contributed by atoms with Gasteiger partial charge in [0.2, 0.25) is 0 Å². The molecule has 1 aliphatic heterocycles. The number of aromatic nitrogens is 4. The van der Waals surface area contributed by atoms with Gasteiger partial charge in [0.25, 0.3) is 0 Å². The molecule has 1 N–H and O–H groups in total. The fraction of sp³-hybridized carbons (Fsp3) is 0.250. The predicted octanol–water partition coefficient (Wildman–Crippen LogP) is 2.92. The number of benzene rings is 1. The predicted molar refractivity (Wildman–Crippen MR) is 104 cm³/mol. The quantitative estimate of drug-likeness (QED) is 0.606. The van der Waals surface area contributed by atoms with Crippen LogP contribution in [0.4, 0.5) is 5.82 Å². The summed E-state index contributed by atoms with van der Waals surface area (Å²) in [4.78, 5) is 21.4. The summed E-state index contributed by atoms with van der Waals surface area (Å²) in [6.45, 7) is 4.09. The lowest BCUT2D eigenvalue weighted by molar-refractivity contribution is 0.312. The van der Waals surface area contributed by atoms with E-state index in [2.05, 4.69) is 67.1 Å². The second-order valence-electron chi connectivity index (χ2n) is 6.82. The van der Waals surface area contributed by atoms with Crippen molar-refractivity contribution < 1.29 is 0 Å². The molecule has 0 atom stereocenters. The van der Waals surface area contributed by atoms with Gasteiger partial charge in [-0.2, -0.15) is 0 Å². The Morgan fingerprint density at radius 2 is 1.81 bits per heavy atom. The van der Waals surface area contributed by atoms with E-state index >= 15 is 0 Å². The number of aromatic amines is 1. The van der Waals surface area contributed by atoms with Crippen molar-refractivity contribution >= 4 is 27.8 Å². The Kier molecular flexibility index (Phi) is 3.57. The SMILES string of the molecule is CN1CCN(c2ncnc3ccc(-c4ccnc5[nH]ccc45)cc23)CC1. The first kappa shape index (κ1) is 15.3. The third kappa shape index (κ3) is 2.50. The topological polar surface area (TPSA) is 60.9 Å². The summed E-state index contributed by atoms with van der Waals surface area (Å²) in [5, 5.41) is 2.24. The van der Waals surface area contributed by atoms with Gasteiger partial charge in [-0.05, 0) is 42.4 Å². The summed E-state index contributed by atoms with van der Waals surface area (Å²) in [5.41, 5.74) is 4.23. The van der Waals surface area contributed by atoms with Crippen LogP contribution >= 0.6 is 0 Å². The Hall–Kier alpha value is -2.99. The minimum absolute atomic E-state index is 0.909. The molecule has 0 unspecified atom stereocenters. The molecule has 0 spiro atoms. The normalized spacial score (nSPS) is 15.8. The lowest BCUT2D eigenvalue weighted by atomic mass is 10.0. The molecule has 3 aromatic heterocycles. The number of likely N-dealkylation sites (N-methyl/N-ethyl adjacent to an activating group) is 1. The van der Waals surface area contributed by atoms with Crippen molar-refractivity contribution in [3.63, 3.8) is 0 Å². The van der Waals surface area contributed by atoms with Crippen molar-refractivity contribution in [2.45, 2.75) is 0 Å². The number of hydrogen-bond acceptors (Lipinski definition) is 5. The molecule has 6 heteroatoms. The van der Waals surface area contributed by atoms with Crippen LogP contribution < -0.4 is 4.90 Å². The maximum absolute atomic E-state index is 4.62. The van der Waals surface area contributed by atoms with Gasteiger partial charge < -0.3 is 14.8 Å². The molecule has 0 saturated carbocycles. The van der Waals surface area contributed by atoms with E-state index in [1.807, 2.05) is 12.4 Å². The molecular formula is C20H20N6. The van der Waals surface area contributed by atoms with Crippen LogP contribution in [0.2, 0.25) is 0 Å². The zero-order valence-electron chi connectivity index (χ0n) is 14.7. The van der Waals surface area contributed by atoms with Gasteiger partial charge >= 0.3 is 0 Å². The number of pyridine rings is 1. The molecule has 0 aliphatic carbocycles. The van der Waals surface area contributed by atoms with Crippen LogP contribution in [-0.2, 0) is 0 Å². The van der Waals surface area contributed by atoms with Crippen LogP contribution in [0.1, 0.15) is 0 Å². The largest absolute Gasteiger partial charge is 0.353 e. The summed E-state index contributed by atoms with van der Waals surface area (Å²) in [6.07, 6.45) is 5.45. The van der Waals surface area contributed by atoms with Crippen molar-refractivity contribution in [3.05, 3.63) is 49.1 Å². The molecule has 0 bridgehead atoms. The van der Waals surface area contributed by atoms with Gasteiger partial charge in [-0.15, -0.1) is 0 Å². The van der Waals surface area contributed by atoms with E-state index in [-0.39, 0.29) is 0 Å². The third-order valence-corrected chi connectivity index (χ3v) is 5.19. The zero-order valence-corrected chi connectivity index (χ0v) is 14.7. The molecular weight excluding hydrogens is 324 g/mol. The van der Waals surface area contributed by atoms with Gasteiger partial charge in [-0.25, -0.2) is 15.0 Å². The van der Waals surface area contributed by atoms with Crippen molar-refractivity contribution in [1.29, 1.82) is 0 Å². The van der Waals surface area contributed by atoms with Crippen molar-refractivity contribution in [2.75, 3.05) is 38.1 Å². The van der Waals surface area contributed by atoms with E-state index in [1.165, 1.54) is 5.56 Å². The number of fused-ring (bicyclic) bond motifs is 2. The van der Waals surface area contributed by atoms with Crippen LogP contribution in [0.15, 0.2) is 49.1 Å². The van der Waals surface area contributed by atoms with Gasteiger partial charge in [0, 0.05) is 49.3 Å². The number of rotatable bonds is 2. The second-order valence-corrected chi connectivity index (χ2v) is 6.82. The zero-order chi connectivity index (χ0) is 17.5. The van der Waals surface area contributed by atoms with Crippen LogP contribution in [0, 0.1) is 0 Å². The molecule has 1 aliphatic rings. The molecule has 130 valence electrons. The first-order chi connectivity index (χ1) is 12.8. The Bertz CT molecular complexity index is 1080. The summed E-state index contributed by atoms with van der Waals surface area (Å²) in [6, 6.07) is 10.6. The Balaban J connectivity index is 1.65. The number of hydrogen-bond donors (Lipinski definition) is 1. The third-order valence-electron chi connectivity index (χ3n) is 5.19. The highest BCUT2D eigenvalue weighted by molar-refractivity contribution is 5.98. The fourth-order valence-corrected chi connectivity index (χ4v) is 3.69. The lowest BCUT2D eigenvalue weighted by Crippen LogP contribution is -2.44. The Labute approximate surface area is 151 Å². The standard InChI is InChI=1S/C20H20N6/c1-25-8-10-26(11-9-25)20-17-12-14(2-3-18(17)23-13-24-20)15-4-6-21-19-16(15)5-7-22-19/h2-7,12-13H,8-11H2,1H3,(H,21,22). The molecule has 0 amide bonds. The maximum Gasteiger partial charge on any atom is 0.139 e. The molecule has 6 nitrogen and oxygen atoms in total. The Morgan fingerprint density at radius 3 is 2.69 bits per heavy atom. The highest BCUT2D eigenvalue weighted by Gasteiger charge is 2.18. The van der Waals surface area contributed by atoms with Crippen LogP contribution in [-0.4, -0.2) is 58.1 Å². The number of nitrogens with zero attached hydrogens (tertiary/aromatic N) is 5. The molecule has 26 heavy (non-hydrogen) atoms. The molecule has 4 aromatic rings. The molecule has 1 saturated heterocycles. The highest BCUT2D eigenvalue weighted by atomic mass is 15.3. The van der Waals surface area contributed by atoms with E-state index in [1.54, 1.807) is 6.33 Å². The van der Waals surface area contributed by atoms with Crippen molar-refractivity contribution in [3.8, 4) is 11.1 Å². The minimum Gasteiger partial charge on any atom is -0.353 e. The first-order valence-corrected chi connectivity index (χ1v) is 8.90. The summed E-state index contributed by atoms with van der Waals surface area (Å²) >= 11 is 0. The molecule has 4 heterocycles. The second kappa shape index (κ2) is 6.07. The molecule has 5 rings (SSSR count). The lowest BCUT2D eigenvalue weighted by Gasteiger charge is -2.33. The average molecular weight is 344 g/mol. The van der Waals surface area contributed by atoms with Gasteiger partial charge in [-0.1, -0.05) is 6.07 Å². The van der Waals surface area contributed by atoms with Crippen LogP contribution in [0.3, 0.4) is 0 Å².